The van der Waals surface area contributed by atoms with Gasteiger partial charge in [-0.3, -0.25) is 4.79 Å². The van der Waals surface area contributed by atoms with E-state index < -0.39 is 0 Å². The topological polar surface area (TPSA) is 67.2 Å². The van der Waals surface area contributed by atoms with E-state index in [1.54, 1.807) is 0 Å². The number of benzene rings is 1. The van der Waals surface area contributed by atoms with E-state index in [2.05, 4.69) is 48.3 Å². The van der Waals surface area contributed by atoms with E-state index in [0.717, 1.165) is 57.4 Å². The van der Waals surface area contributed by atoms with Crippen LogP contribution in [-0.4, -0.2) is 57.0 Å². The second-order valence-electron chi connectivity index (χ2n) is 6.98. The van der Waals surface area contributed by atoms with Crippen LogP contribution < -0.4 is 4.90 Å². The number of aryl methyl sites for hydroxylation is 1. The molecular weight excluding hydrogens is 428 g/mol. The van der Waals surface area contributed by atoms with Gasteiger partial charge in [0.25, 0.3) is 0 Å². The van der Waals surface area contributed by atoms with E-state index >= 15 is 0 Å². The highest BCUT2D eigenvalue weighted by molar-refractivity contribution is 9.10. The summed E-state index contributed by atoms with van der Waals surface area (Å²) < 4.78 is 2.83. The summed E-state index contributed by atoms with van der Waals surface area (Å²) in [6.45, 7) is 8.96. The average molecular weight is 449 g/mol. The van der Waals surface area contributed by atoms with Crippen LogP contribution in [0, 0.1) is 12.8 Å². The molecule has 0 spiro atoms. The second-order valence-corrected chi connectivity index (χ2v) is 9.06. The molecular formula is C18H21BrN6OS. The first-order valence-corrected chi connectivity index (χ1v) is 10.6. The van der Waals surface area contributed by atoms with Crippen LogP contribution in [0.2, 0.25) is 0 Å². The second kappa shape index (κ2) is 7.20. The zero-order valence-corrected chi connectivity index (χ0v) is 17.9. The van der Waals surface area contributed by atoms with Crippen molar-refractivity contribution in [3.05, 3.63) is 27.8 Å². The Labute approximate surface area is 170 Å². The summed E-state index contributed by atoms with van der Waals surface area (Å²) >= 11 is 5.15. The third-order valence-corrected chi connectivity index (χ3v) is 6.03. The number of hydrogen-bond acceptors (Lipinski definition) is 6. The fourth-order valence-corrected chi connectivity index (χ4v) is 4.49. The Morgan fingerprint density at radius 2 is 1.93 bits per heavy atom. The van der Waals surface area contributed by atoms with Crippen LogP contribution in [0.3, 0.4) is 0 Å². The first kappa shape index (κ1) is 18.4. The Hall–Kier alpha value is -2.00. The average Bonchev–Trinajstić information content (AvgIpc) is 3.26. The lowest BCUT2D eigenvalue weighted by molar-refractivity contribution is -0.134. The van der Waals surface area contributed by atoms with E-state index in [9.17, 15) is 4.79 Å². The summed E-state index contributed by atoms with van der Waals surface area (Å²) in [4.78, 5) is 16.5. The number of piperazine rings is 1. The van der Waals surface area contributed by atoms with Crippen molar-refractivity contribution >= 4 is 49.8 Å². The van der Waals surface area contributed by atoms with E-state index in [1.807, 2.05) is 36.5 Å². The number of amides is 1. The Bertz CT molecular complexity index is 989. The number of carbonyl (C=O) groups is 1. The molecule has 1 fully saturated rings. The van der Waals surface area contributed by atoms with Crippen LogP contribution in [0.4, 0.5) is 5.69 Å². The molecule has 1 aliphatic rings. The van der Waals surface area contributed by atoms with Crippen LogP contribution in [-0.2, 0) is 4.79 Å². The van der Waals surface area contributed by atoms with Gasteiger partial charge >= 0.3 is 0 Å². The Morgan fingerprint density at radius 1 is 1.19 bits per heavy atom. The zero-order valence-electron chi connectivity index (χ0n) is 15.5. The van der Waals surface area contributed by atoms with E-state index in [1.165, 1.54) is 11.3 Å². The molecule has 3 heterocycles. The Morgan fingerprint density at radius 3 is 2.56 bits per heavy atom. The zero-order chi connectivity index (χ0) is 19.1. The molecule has 1 aliphatic heterocycles. The molecule has 0 radical (unpaired) electrons. The lowest BCUT2D eigenvalue weighted by Gasteiger charge is -2.37. The predicted molar refractivity (Wildman–Crippen MR) is 111 cm³/mol. The first-order valence-electron chi connectivity index (χ1n) is 8.95. The van der Waals surface area contributed by atoms with Gasteiger partial charge in [-0.2, -0.15) is 5.10 Å². The molecule has 3 aromatic rings. The Kier molecular flexibility index (Phi) is 4.90. The maximum absolute atomic E-state index is 12.2. The van der Waals surface area contributed by atoms with Crippen LogP contribution in [0.5, 0.6) is 0 Å². The number of halogens is 1. The number of nitrogens with zero attached hydrogens (tertiary/aromatic N) is 6. The standard InChI is InChI=1S/C18H21BrN6OS/c1-11(2)17(26)24-6-4-23(5-7-24)15-8-13(19)9-16-14(15)10-20-25(16)18-22-21-12(3)27-18/h8-11H,4-7H2,1-3H3. The molecule has 0 atom stereocenters. The third kappa shape index (κ3) is 3.45. The number of fused-ring (bicyclic) bond motifs is 1. The lowest BCUT2D eigenvalue weighted by Crippen LogP contribution is -2.50. The van der Waals surface area contributed by atoms with Crippen molar-refractivity contribution in [2.75, 3.05) is 31.1 Å². The van der Waals surface area contributed by atoms with Crippen molar-refractivity contribution in [3.8, 4) is 5.13 Å². The highest BCUT2D eigenvalue weighted by Gasteiger charge is 2.25. The van der Waals surface area contributed by atoms with Crippen LogP contribution in [0.15, 0.2) is 22.8 Å². The molecule has 0 N–H and O–H groups in total. The molecule has 0 unspecified atom stereocenters. The van der Waals surface area contributed by atoms with Gasteiger partial charge in [0, 0.05) is 47.6 Å². The fraction of sp³-hybridized carbons (Fsp3) is 0.444. The van der Waals surface area contributed by atoms with Gasteiger partial charge in [-0.1, -0.05) is 41.1 Å². The molecule has 9 heteroatoms. The summed E-state index contributed by atoms with van der Waals surface area (Å²) in [7, 11) is 0. The van der Waals surface area contributed by atoms with Crippen molar-refractivity contribution in [1.29, 1.82) is 0 Å². The maximum atomic E-state index is 12.2. The molecule has 1 aromatic carbocycles. The summed E-state index contributed by atoms with van der Waals surface area (Å²) in [5, 5.41) is 15.6. The summed E-state index contributed by atoms with van der Waals surface area (Å²) in [5.41, 5.74) is 2.12. The third-order valence-electron chi connectivity index (χ3n) is 4.75. The smallest absolute Gasteiger partial charge is 0.233 e. The maximum Gasteiger partial charge on any atom is 0.233 e. The number of anilines is 1. The van der Waals surface area contributed by atoms with Crippen LogP contribution >= 0.6 is 27.3 Å². The minimum atomic E-state index is 0.0442. The van der Waals surface area contributed by atoms with Gasteiger partial charge < -0.3 is 9.80 Å². The van der Waals surface area contributed by atoms with Crippen molar-refractivity contribution in [2.45, 2.75) is 20.8 Å². The number of rotatable bonds is 3. The largest absolute Gasteiger partial charge is 0.367 e. The van der Waals surface area contributed by atoms with E-state index in [-0.39, 0.29) is 11.8 Å². The van der Waals surface area contributed by atoms with Crippen LogP contribution in [0.1, 0.15) is 18.9 Å². The predicted octanol–water partition coefficient (Wildman–Crippen LogP) is 3.25. The van der Waals surface area contributed by atoms with Gasteiger partial charge in [0.15, 0.2) is 0 Å². The summed E-state index contributed by atoms with van der Waals surface area (Å²) in [6, 6.07) is 4.18. The van der Waals surface area contributed by atoms with E-state index in [4.69, 9.17) is 0 Å². The lowest BCUT2D eigenvalue weighted by atomic mass is 10.1. The molecule has 0 bridgehead atoms. The molecule has 27 heavy (non-hydrogen) atoms. The highest BCUT2D eigenvalue weighted by Crippen LogP contribution is 2.33. The van der Waals surface area contributed by atoms with Gasteiger partial charge in [-0.05, 0) is 19.1 Å². The fourth-order valence-electron chi connectivity index (χ4n) is 3.39. The van der Waals surface area contributed by atoms with Crippen LogP contribution in [0.25, 0.3) is 16.0 Å². The molecule has 0 aliphatic carbocycles. The monoisotopic (exact) mass is 448 g/mol. The van der Waals surface area contributed by atoms with Crippen molar-refractivity contribution in [2.24, 2.45) is 5.92 Å². The number of aromatic nitrogens is 4. The minimum absolute atomic E-state index is 0.0442. The molecule has 1 saturated heterocycles. The minimum Gasteiger partial charge on any atom is -0.367 e. The SMILES string of the molecule is Cc1nnc(-n2ncc3c(N4CCN(C(=O)C(C)C)CC4)cc(Br)cc32)s1. The van der Waals surface area contributed by atoms with Crippen molar-refractivity contribution < 1.29 is 4.79 Å². The molecule has 2 aromatic heterocycles. The van der Waals surface area contributed by atoms with Crippen molar-refractivity contribution in [1.82, 2.24) is 24.9 Å². The van der Waals surface area contributed by atoms with Gasteiger partial charge in [0.2, 0.25) is 11.0 Å². The quantitative estimate of drug-likeness (QED) is 0.614. The number of hydrogen-bond donors (Lipinski definition) is 0. The number of carbonyl (C=O) groups excluding carboxylic acids is 1. The van der Waals surface area contributed by atoms with Gasteiger partial charge in [-0.25, -0.2) is 4.68 Å². The Balaban J connectivity index is 1.65. The van der Waals surface area contributed by atoms with Crippen molar-refractivity contribution in [3.63, 3.8) is 0 Å². The van der Waals surface area contributed by atoms with Gasteiger partial charge in [-0.15, -0.1) is 10.2 Å². The summed E-state index contributed by atoms with van der Waals surface area (Å²) in [5.74, 6) is 0.274. The molecule has 142 valence electrons. The van der Waals surface area contributed by atoms with Gasteiger partial charge in [0.1, 0.15) is 5.01 Å². The summed E-state index contributed by atoms with van der Waals surface area (Å²) in [6.07, 6.45) is 1.89. The van der Waals surface area contributed by atoms with Gasteiger partial charge in [0.05, 0.1) is 11.7 Å². The highest BCUT2D eigenvalue weighted by atomic mass is 79.9. The van der Waals surface area contributed by atoms with E-state index in [0.29, 0.717) is 0 Å². The molecule has 7 nitrogen and oxygen atoms in total. The molecule has 1 amide bonds. The molecule has 4 rings (SSSR count). The molecule has 0 saturated carbocycles. The first-order chi connectivity index (χ1) is 12.9. The normalized spacial score (nSPS) is 15.1.